The molecule has 0 unspecified atom stereocenters. The summed E-state index contributed by atoms with van der Waals surface area (Å²) in [6, 6.07) is 5.19. The van der Waals surface area contributed by atoms with Gasteiger partial charge < -0.3 is 40.4 Å². The van der Waals surface area contributed by atoms with Gasteiger partial charge in [0.2, 0.25) is 11.8 Å². The molecule has 0 aliphatic carbocycles. The number of carbonyl (C=O) groups is 3. The highest BCUT2D eigenvalue weighted by atomic mass is 16.6. The van der Waals surface area contributed by atoms with E-state index in [2.05, 4.69) is 24.5 Å². The van der Waals surface area contributed by atoms with Gasteiger partial charge in [0.1, 0.15) is 5.60 Å². The van der Waals surface area contributed by atoms with Crippen LogP contribution in [-0.4, -0.2) is 74.7 Å². The molecule has 4 atom stereocenters. The number of benzene rings is 1. The number of primary amides is 1. The van der Waals surface area contributed by atoms with E-state index in [9.17, 15) is 19.5 Å². The normalized spacial score (nSPS) is 14.4. The minimum absolute atomic E-state index is 0.0715. The Kier molecular flexibility index (Phi) is 17.0. The Morgan fingerprint density at radius 2 is 1.70 bits per heavy atom. The fraction of sp³-hybridized carbons (Fsp3) is 0.719. The van der Waals surface area contributed by atoms with Crippen LogP contribution in [0.15, 0.2) is 18.2 Å². The number of aliphatic hydroxyl groups is 1. The van der Waals surface area contributed by atoms with Gasteiger partial charge in [0.05, 0.1) is 25.9 Å². The molecule has 0 saturated carbocycles. The molecule has 43 heavy (non-hydrogen) atoms. The number of nitrogens with one attached hydrogen (secondary N) is 2. The van der Waals surface area contributed by atoms with Gasteiger partial charge in [-0.3, -0.25) is 9.59 Å². The van der Waals surface area contributed by atoms with E-state index in [1.807, 2.05) is 18.2 Å². The van der Waals surface area contributed by atoms with Crippen molar-refractivity contribution in [2.24, 2.45) is 23.5 Å². The molecule has 0 aliphatic heterocycles. The minimum Gasteiger partial charge on any atom is -0.493 e. The van der Waals surface area contributed by atoms with Gasteiger partial charge in [0.15, 0.2) is 11.5 Å². The van der Waals surface area contributed by atoms with Gasteiger partial charge in [0.25, 0.3) is 0 Å². The summed E-state index contributed by atoms with van der Waals surface area (Å²) >= 11 is 0. The van der Waals surface area contributed by atoms with Gasteiger partial charge in [-0.25, -0.2) is 4.79 Å². The number of hydrogen-bond acceptors (Lipinski definition) is 8. The molecule has 0 aromatic heterocycles. The largest absolute Gasteiger partial charge is 0.493 e. The van der Waals surface area contributed by atoms with E-state index in [4.69, 9.17) is 24.7 Å². The molecule has 0 bridgehead atoms. The Balaban J connectivity index is 3.07. The van der Waals surface area contributed by atoms with E-state index < -0.39 is 35.7 Å². The summed E-state index contributed by atoms with van der Waals surface area (Å²) in [6.45, 7) is 12.7. The Morgan fingerprint density at radius 3 is 2.28 bits per heavy atom. The number of carbonyl (C=O) groups excluding carboxylic acids is 3. The number of aliphatic hydroxyl groups excluding tert-OH is 1. The van der Waals surface area contributed by atoms with Crippen LogP contribution in [0.5, 0.6) is 11.5 Å². The van der Waals surface area contributed by atoms with E-state index in [0.717, 1.165) is 12.0 Å². The zero-order valence-electron chi connectivity index (χ0n) is 27.4. The van der Waals surface area contributed by atoms with E-state index >= 15 is 0 Å². The van der Waals surface area contributed by atoms with Crippen LogP contribution in [-0.2, 0) is 25.5 Å². The van der Waals surface area contributed by atoms with Gasteiger partial charge in [-0.2, -0.15) is 0 Å². The number of rotatable bonds is 20. The molecule has 0 fully saturated rings. The first kappa shape index (κ1) is 38.0. The van der Waals surface area contributed by atoms with E-state index in [1.54, 1.807) is 41.9 Å². The lowest BCUT2D eigenvalue weighted by Gasteiger charge is -2.32. The van der Waals surface area contributed by atoms with Gasteiger partial charge in [-0.15, -0.1) is 0 Å². The second-order valence-electron chi connectivity index (χ2n) is 12.4. The number of ether oxygens (including phenoxy) is 4. The molecule has 246 valence electrons. The minimum atomic E-state index is -1.00. The number of nitrogens with two attached hydrogens (primary N) is 1. The van der Waals surface area contributed by atoms with Crippen molar-refractivity contribution in [3.05, 3.63) is 23.8 Å². The van der Waals surface area contributed by atoms with E-state index in [-0.39, 0.29) is 30.6 Å². The van der Waals surface area contributed by atoms with Crippen LogP contribution in [0.3, 0.4) is 0 Å². The SMILES string of the molecule is COCCCOc1cc(C[C@@H](C[C@H](NC(=O)OC(C)(C)C)[C@@H](O)C[C@@H](C)C(=O)NCCCC(N)=O)C(C)C)ccc1OC. The first-order chi connectivity index (χ1) is 20.2. The lowest BCUT2D eigenvalue weighted by molar-refractivity contribution is -0.126. The van der Waals surface area contributed by atoms with Crippen LogP contribution < -0.4 is 25.8 Å². The monoisotopic (exact) mass is 609 g/mol. The molecule has 1 aromatic rings. The summed E-state index contributed by atoms with van der Waals surface area (Å²) < 4.78 is 22.1. The third-order valence-electron chi connectivity index (χ3n) is 7.08. The summed E-state index contributed by atoms with van der Waals surface area (Å²) in [6.07, 6.45) is 1.01. The van der Waals surface area contributed by atoms with Crippen molar-refractivity contribution in [3.63, 3.8) is 0 Å². The van der Waals surface area contributed by atoms with Crippen molar-refractivity contribution in [1.29, 1.82) is 0 Å². The van der Waals surface area contributed by atoms with Crippen molar-refractivity contribution >= 4 is 17.9 Å². The lowest BCUT2D eigenvalue weighted by atomic mass is 9.82. The molecule has 1 aromatic carbocycles. The first-order valence-electron chi connectivity index (χ1n) is 15.2. The Labute approximate surface area is 257 Å². The molecule has 0 heterocycles. The highest BCUT2D eigenvalue weighted by Gasteiger charge is 2.31. The first-order valence-corrected chi connectivity index (χ1v) is 15.2. The van der Waals surface area contributed by atoms with Gasteiger partial charge in [-0.05, 0) is 76.0 Å². The topological polar surface area (TPSA) is 158 Å². The Bertz CT molecular complexity index is 995. The summed E-state index contributed by atoms with van der Waals surface area (Å²) in [5, 5.41) is 17.0. The van der Waals surface area contributed by atoms with Gasteiger partial charge in [-0.1, -0.05) is 26.8 Å². The maximum absolute atomic E-state index is 12.8. The predicted octanol–water partition coefficient (Wildman–Crippen LogP) is 3.98. The molecule has 11 heteroatoms. The van der Waals surface area contributed by atoms with Crippen LogP contribution in [0, 0.1) is 17.8 Å². The fourth-order valence-corrected chi connectivity index (χ4v) is 4.62. The molecule has 1 rings (SSSR count). The molecular weight excluding hydrogens is 554 g/mol. The van der Waals surface area contributed by atoms with Crippen LogP contribution in [0.4, 0.5) is 4.79 Å². The average Bonchev–Trinajstić information content (AvgIpc) is 2.91. The lowest BCUT2D eigenvalue weighted by Crippen LogP contribution is -2.48. The molecule has 0 spiro atoms. The zero-order valence-corrected chi connectivity index (χ0v) is 27.4. The molecule has 11 nitrogen and oxygen atoms in total. The van der Waals surface area contributed by atoms with Crippen molar-refractivity contribution in [3.8, 4) is 11.5 Å². The van der Waals surface area contributed by atoms with Crippen LogP contribution in [0.2, 0.25) is 0 Å². The van der Waals surface area contributed by atoms with E-state index in [0.29, 0.717) is 50.5 Å². The third kappa shape index (κ3) is 15.8. The second kappa shape index (κ2) is 19.3. The molecular formula is C32H55N3O8. The van der Waals surface area contributed by atoms with Crippen LogP contribution in [0.1, 0.15) is 79.2 Å². The quantitative estimate of drug-likeness (QED) is 0.162. The Morgan fingerprint density at radius 1 is 1.00 bits per heavy atom. The maximum Gasteiger partial charge on any atom is 0.407 e. The molecule has 5 N–H and O–H groups in total. The highest BCUT2D eigenvalue weighted by molar-refractivity contribution is 5.78. The molecule has 3 amide bonds. The fourth-order valence-electron chi connectivity index (χ4n) is 4.62. The summed E-state index contributed by atoms with van der Waals surface area (Å²) in [7, 11) is 3.25. The Hall–Kier alpha value is -3.05. The number of methoxy groups -OCH3 is 2. The van der Waals surface area contributed by atoms with Gasteiger partial charge in [0, 0.05) is 39.0 Å². The van der Waals surface area contributed by atoms with Crippen LogP contribution >= 0.6 is 0 Å². The number of hydrogen-bond donors (Lipinski definition) is 4. The molecule has 0 radical (unpaired) electrons. The van der Waals surface area contributed by atoms with Crippen molar-refractivity contribution in [2.75, 3.05) is 34.0 Å². The molecule has 0 aliphatic rings. The number of amides is 3. The number of alkyl carbamates (subject to hydrolysis) is 1. The average molecular weight is 610 g/mol. The predicted molar refractivity (Wildman–Crippen MR) is 166 cm³/mol. The van der Waals surface area contributed by atoms with Gasteiger partial charge >= 0.3 is 6.09 Å². The summed E-state index contributed by atoms with van der Waals surface area (Å²) in [5.41, 5.74) is 5.49. The van der Waals surface area contributed by atoms with Crippen molar-refractivity contribution < 1.29 is 38.4 Å². The van der Waals surface area contributed by atoms with E-state index in [1.165, 1.54) is 0 Å². The van der Waals surface area contributed by atoms with Crippen LogP contribution in [0.25, 0.3) is 0 Å². The zero-order chi connectivity index (χ0) is 32.6. The second-order valence-corrected chi connectivity index (χ2v) is 12.4. The highest BCUT2D eigenvalue weighted by Crippen LogP contribution is 2.32. The third-order valence-corrected chi connectivity index (χ3v) is 7.08. The van der Waals surface area contributed by atoms with Crippen molar-refractivity contribution in [2.45, 2.75) is 97.8 Å². The maximum atomic E-state index is 12.8. The van der Waals surface area contributed by atoms with Crippen molar-refractivity contribution in [1.82, 2.24) is 10.6 Å². The smallest absolute Gasteiger partial charge is 0.407 e. The summed E-state index contributed by atoms with van der Waals surface area (Å²) in [5.74, 6) is 0.395. The summed E-state index contributed by atoms with van der Waals surface area (Å²) in [4.78, 5) is 36.4. The molecule has 0 saturated heterocycles. The standard InChI is InChI=1S/C32H55N3O8/c1-21(2)24(18-23-12-13-27(41-8)28(19-23)42-16-10-15-40-7)20-25(35-31(39)43-32(4,5)6)26(36)17-22(3)30(38)34-14-9-11-29(33)37/h12-13,19,21-22,24-26,36H,9-11,14-18,20H2,1-8H3,(H2,33,37)(H,34,38)(H,35,39)/t22-,24+,25+,26+/m1/s1.